The number of carbonyl (C=O) groups is 1. The van der Waals surface area contributed by atoms with Gasteiger partial charge in [-0.05, 0) is 38.3 Å². The second-order valence-corrected chi connectivity index (χ2v) is 7.66. The Morgan fingerprint density at radius 2 is 2.10 bits per heavy atom. The van der Waals surface area contributed by atoms with Crippen molar-refractivity contribution in [2.45, 2.75) is 45.9 Å². The summed E-state index contributed by atoms with van der Waals surface area (Å²) in [4.78, 5) is 29.2. The summed E-state index contributed by atoms with van der Waals surface area (Å²) < 4.78 is 14.9. The summed E-state index contributed by atoms with van der Waals surface area (Å²) in [5.74, 6) is 0.309. The molecule has 1 fully saturated rings. The number of pyridine rings is 1. The molecule has 0 aliphatic heterocycles. The lowest BCUT2D eigenvalue weighted by Crippen LogP contribution is -2.16. The molecule has 1 aliphatic carbocycles. The van der Waals surface area contributed by atoms with Gasteiger partial charge in [-0.25, -0.2) is 19.3 Å². The lowest BCUT2D eigenvalue weighted by Gasteiger charge is -2.14. The number of rotatable bonds is 7. The van der Waals surface area contributed by atoms with Crippen molar-refractivity contribution in [3.05, 3.63) is 47.8 Å². The molecule has 1 aliphatic rings. The fourth-order valence-electron chi connectivity index (χ4n) is 3.18. The van der Waals surface area contributed by atoms with Crippen LogP contribution < -0.4 is 10.6 Å². The zero-order valence-electron chi connectivity index (χ0n) is 17.5. The molecule has 31 heavy (non-hydrogen) atoms. The standard InChI is InChI=1S/C21H24FN7O2/c1-4-17(30)15-5-11(2)16(8-23-15)27-21-26-12(3)9-29(21)19-7-18(24-10-25-19)28-20(31)13-6-14(13)22/h5,7-10,13-14,17,30H,4,6H2,1-3H3,(H,26,27)(H,24,25,28,31)/t13-,14+,17?/m0/s1. The Morgan fingerprint density at radius 1 is 1.32 bits per heavy atom. The van der Waals surface area contributed by atoms with Gasteiger partial charge < -0.3 is 15.7 Å². The number of nitrogens with one attached hydrogen (secondary N) is 2. The maximum Gasteiger partial charge on any atom is 0.231 e. The highest BCUT2D eigenvalue weighted by atomic mass is 19.1. The molecule has 1 unspecified atom stereocenters. The van der Waals surface area contributed by atoms with Crippen LogP contribution in [0, 0.1) is 19.8 Å². The van der Waals surface area contributed by atoms with Gasteiger partial charge in [0, 0.05) is 12.3 Å². The van der Waals surface area contributed by atoms with E-state index in [2.05, 4.69) is 30.6 Å². The number of aliphatic hydroxyl groups excluding tert-OH is 1. The van der Waals surface area contributed by atoms with Crippen LogP contribution in [0.2, 0.25) is 0 Å². The topological polar surface area (TPSA) is 118 Å². The highest BCUT2D eigenvalue weighted by molar-refractivity contribution is 5.94. The summed E-state index contributed by atoms with van der Waals surface area (Å²) in [5.41, 5.74) is 3.02. The molecule has 3 heterocycles. The Kier molecular flexibility index (Phi) is 5.64. The minimum Gasteiger partial charge on any atom is -0.387 e. The Labute approximate surface area is 178 Å². The zero-order valence-corrected chi connectivity index (χ0v) is 17.5. The van der Waals surface area contributed by atoms with E-state index in [4.69, 9.17) is 0 Å². The van der Waals surface area contributed by atoms with Crippen molar-refractivity contribution in [3.8, 4) is 5.82 Å². The number of aromatic nitrogens is 5. The Morgan fingerprint density at radius 3 is 2.77 bits per heavy atom. The van der Waals surface area contributed by atoms with Crippen LogP contribution in [0.4, 0.5) is 21.8 Å². The molecule has 0 radical (unpaired) electrons. The average molecular weight is 425 g/mol. The van der Waals surface area contributed by atoms with Gasteiger partial charge >= 0.3 is 0 Å². The lowest BCUT2D eigenvalue weighted by molar-refractivity contribution is -0.117. The van der Waals surface area contributed by atoms with E-state index in [-0.39, 0.29) is 12.3 Å². The molecule has 0 spiro atoms. The SMILES string of the molecule is CCC(O)c1cc(C)c(Nc2nc(C)cn2-c2cc(NC(=O)[C@H]3C[C@H]3F)ncn2)cn1. The van der Waals surface area contributed by atoms with Gasteiger partial charge in [-0.2, -0.15) is 0 Å². The highest BCUT2D eigenvalue weighted by Gasteiger charge is 2.43. The van der Waals surface area contributed by atoms with Crippen LogP contribution in [0.3, 0.4) is 0 Å². The molecule has 10 heteroatoms. The fourth-order valence-corrected chi connectivity index (χ4v) is 3.18. The number of alkyl halides is 1. The molecule has 3 N–H and O–H groups in total. The lowest BCUT2D eigenvalue weighted by atomic mass is 10.1. The van der Waals surface area contributed by atoms with E-state index in [0.29, 0.717) is 29.7 Å². The summed E-state index contributed by atoms with van der Waals surface area (Å²) >= 11 is 0. The summed E-state index contributed by atoms with van der Waals surface area (Å²) in [6.07, 6.45) is 3.95. The maximum atomic E-state index is 13.1. The number of imidazole rings is 1. The van der Waals surface area contributed by atoms with Crippen molar-refractivity contribution in [1.29, 1.82) is 0 Å². The minimum absolute atomic E-state index is 0.250. The van der Waals surface area contributed by atoms with Crippen LogP contribution in [0.5, 0.6) is 0 Å². The monoisotopic (exact) mass is 425 g/mol. The van der Waals surface area contributed by atoms with Crippen LogP contribution in [-0.4, -0.2) is 41.7 Å². The van der Waals surface area contributed by atoms with Gasteiger partial charge in [-0.15, -0.1) is 0 Å². The van der Waals surface area contributed by atoms with E-state index in [1.54, 1.807) is 23.0 Å². The normalized spacial score (nSPS) is 18.5. The fraction of sp³-hybridized carbons (Fsp3) is 0.381. The number of carbonyl (C=O) groups excluding carboxylic acids is 1. The van der Waals surface area contributed by atoms with Gasteiger partial charge in [0.15, 0.2) is 0 Å². The number of hydrogen-bond donors (Lipinski definition) is 3. The van der Waals surface area contributed by atoms with E-state index in [0.717, 1.165) is 16.9 Å². The van der Waals surface area contributed by atoms with E-state index in [1.165, 1.54) is 6.33 Å². The molecule has 3 atom stereocenters. The molecule has 1 amide bonds. The van der Waals surface area contributed by atoms with Gasteiger partial charge in [-0.3, -0.25) is 14.3 Å². The van der Waals surface area contributed by atoms with Gasteiger partial charge in [0.05, 0.1) is 35.3 Å². The first-order valence-corrected chi connectivity index (χ1v) is 10.1. The van der Waals surface area contributed by atoms with E-state index in [9.17, 15) is 14.3 Å². The average Bonchev–Trinajstić information content (AvgIpc) is 3.38. The molecule has 0 bridgehead atoms. The second-order valence-electron chi connectivity index (χ2n) is 7.66. The smallest absolute Gasteiger partial charge is 0.231 e. The van der Waals surface area contributed by atoms with E-state index < -0.39 is 18.2 Å². The summed E-state index contributed by atoms with van der Waals surface area (Å²) in [5, 5.41) is 15.9. The van der Waals surface area contributed by atoms with E-state index >= 15 is 0 Å². The number of hydrogen-bond acceptors (Lipinski definition) is 7. The maximum absolute atomic E-state index is 13.1. The third-order valence-electron chi connectivity index (χ3n) is 5.13. The largest absolute Gasteiger partial charge is 0.387 e. The van der Waals surface area contributed by atoms with Crippen LogP contribution >= 0.6 is 0 Å². The second kappa shape index (κ2) is 8.38. The molecule has 4 rings (SSSR count). The number of anilines is 3. The van der Waals surface area contributed by atoms with Crippen molar-refractivity contribution in [2.75, 3.05) is 10.6 Å². The quantitative estimate of drug-likeness (QED) is 0.532. The summed E-state index contributed by atoms with van der Waals surface area (Å²) in [7, 11) is 0. The van der Waals surface area contributed by atoms with Crippen LogP contribution in [0.15, 0.2) is 30.9 Å². The molecular weight excluding hydrogens is 401 g/mol. The van der Waals surface area contributed by atoms with E-state index in [1.807, 2.05) is 26.8 Å². The number of halogens is 1. The zero-order chi connectivity index (χ0) is 22.1. The number of aliphatic hydroxyl groups is 1. The third-order valence-corrected chi connectivity index (χ3v) is 5.13. The molecule has 1 saturated carbocycles. The molecule has 3 aromatic heterocycles. The third kappa shape index (κ3) is 4.53. The summed E-state index contributed by atoms with van der Waals surface area (Å²) in [6, 6.07) is 3.44. The van der Waals surface area contributed by atoms with Crippen LogP contribution in [0.25, 0.3) is 5.82 Å². The van der Waals surface area contributed by atoms with Crippen molar-refractivity contribution >= 4 is 23.4 Å². The first-order chi connectivity index (χ1) is 14.9. The first kappa shape index (κ1) is 20.9. The van der Waals surface area contributed by atoms with Crippen molar-refractivity contribution in [3.63, 3.8) is 0 Å². The van der Waals surface area contributed by atoms with Gasteiger partial charge in [0.25, 0.3) is 0 Å². The predicted octanol–water partition coefficient (Wildman–Crippen LogP) is 3.16. The highest BCUT2D eigenvalue weighted by Crippen LogP contribution is 2.34. The van der Waals surface area contributed by atoms with Crippen LogP contribution in [-0.2, 0) is 4.79 Å². The van der Waals surface area contributed by atoms with Gasteiger partial charge in [0.2, 0.25) is 11.9 Å². The molecule has 3 aromatic rings. The van der Waals surface area contributed by atoms with Crippen LogP contribution in [0.1, 0.15) is 42.8 Å². The van der Waals surface area contributed by atoms with Gasteiger partial charge in [-0.1, -0.05) is 6.92 Å². The molecule has 0 aromatic carbocycles. The van der Waals surface area contributed by atoms with Crippen molar-refractivity contribution in [1.82, 2.24) is 24.5 Å². The first-order valence-electron chi connectivity index (χ1n) is 10.1. The van der Waals surface area contributed by atoms with Crippen molar-refractivity contribution in [2.24, 2.45) is 5.92 Å². The van der Waals surface area contributed by atoms with Gasteiger partial charge in [0.1, 0.15) is 24.1 Å². The predicted molar refractivity (Wildman–Crippen MR) is 113 cm³/mol. The Hall–Kier alpha value is -3.40. The molecule has 162 valence electrons. The van der Waals surface area contributed by atoms with Crippen molar-refractivity contribution < 1.29 is 14.3 Å². The molecular formula is C21H24FN7O2. The molecule has 0 saturated heterocycles. The molecule has 9 nitrogen and oxygen atoms in total. The minimum atomic E-state index is -1.07. The summed E-state index contributed by atoms with van der Waals surface area (Å²) in [6.45, 7) is 5.67. The number of amides is 1. The Bertz CT molecular complexity index is 1120. The number of aryl methyl sites for hydroxylation is 2. The Balaban J connectivity index is 1.58. The number of nitrogens with zero attached hydrogens (tertiary/aromatic N) is 5.